The number of rotatable bonds is 3. The molecule has 0 saturated carbocycles. The van der Waals surface area contributed by atoms with Gasteiger partial charge in [-0.2, -0.15) is 0 Å². The molecule has 0 aliphatic heterocycles. The molecule has 0 saturated heterocycles. The summed E-state index contributed by atoms with van der Waals surface area (Å²) >= 11 is 12.7. The molecule has 4 N–H and O–H groups in total. The number of amides is 1. The predicted molar refractivity (Wildman–Crippen MR) is 81.2 cm³/mol. The van der Waals surface area contributed by atoms with E-state index in [1.807, 2.05) is 0 Å². The standard InChI is InChI=1S/C12H8Cl2FN3O2S/c13-9-4-7(10(14)21-9)12(19)17-5-1-2-8(15)6(3-5)11(16)18-20/h1-4,20H,(H2,16,18)(H,17,19). The second-order valence-corrected chi connectivity index (χ2v) is 6.16. The molecule has 1 aromatic heterocycles. The van der Waals surface area contributed by atoms with Crippen molar-refractivity contribution in [1.82, 2.24) is 0 Å². The lowest BCUT2D eigenvalue weighted by molar-refractivity contribution is 0.102. The summed E-state index contributed by atoms with van der Waals surface area (Å²) in [5.74, 6) is -1.58. The van der Waals surface area contributed by atoms with Crippen molar-refractivity contribution in [2.75, 3.05) is 5.32 Å². The Labute approximate surface area is 132 Å². The third-order valence-corrected chi connectivity index (χ3v) is 4.00. The number of carbonyl (C=O) groups excluding carboxylic acids is 1. The third-order valence-electron chi connectivity index (χ3n) is 2.51. The van der Waals surface area contributed by atoms with Crippen LogP contribution in [0.3, 0.4) is 0 Å². The molecule has 0 radical (unpaired) electrons. The molecule has 1 heterocycles. The average Bonchev–Trinajstić information content (AvgIpc) is 2.79. The predicted octanol–water partition coefficient (Wildman–Crippen LogP) is 3.54. The molecule has 0 unspecified atom stereocenters. The van der Waals surface area contributed by atoms with E-state index < -0.39 is 17.6 Å². The molecule has 5 nitrogen and oxygen atoms in total. The Morgan fingerprint density at radius 1 is 1.33 bits per heavy atom. The number of carbonyl (C=O) groups is 1. The fraction of sp³-hybridized carbons (Fsp3) is 0. The maximum atomic E-state index is 13.5. The Morgan fingerprint density at radius 2 is 2.05 bits per heavy atom. The molecule has 1 amide bonds. The lowest BCUT2D eigenvalue weighted by atomic mass is 10.1. The van der Waals surface area contributed by atoms with Gasteiger partial charge in [0.1, 0.15) is 10.2 Å². The van der Waals surface area contributed by atoms with Gasteiger partial charge in [-0.05, 0) is 24.3 Å². The molecular formula is C12H8Cl2FN3O2S. The van der Waals surface area contributed by atoms with Crippen LogP contribution in [0.2, 0.25) is 8.67 Å². The van der Waals surface area contributed by atoms with Crippen molar-refractivity contribution in [1.29, 1.82) is 0 Å². The minimum Gasteiger partial charge on any atom is -0.409 e. The molecular weight excluding hydrogens is 340 g/mol. The SMILES string of the molecule is N/C(=N/O)c1cc(NC(=O)c2cc(Cl)sc2Cl)ccc1F. The number of halogens is 3. The lowest BCUT2D eigenvalue weighted by Crippen LogP contribution is -2.17. The number of nitrogens with one attached hydrogen (secondary N) is 1. The summed E-state index contributed by atoms with van der Waals surface area (Å²) in [6.45, 7) is 0. The highest BCUT2D eigenvalue weighted by Crippen LogP contribution is 2.31. The summed E-state index contributed by atoms with van der Waals surface area (Å²) in [5.41, 5.74) is 5.68. The highest BCUT2D eigenvalue weighted by atomic mass is 35.5. The van der Waals surface area contributed by atoms with Gasteiger partial charge in [-0.25, -0.2) is 4.39 Å². The van der Waals surface area contributed by atoms with E-state index in [0.29, 0.717) is 4.34 Å². The Hall–Kier alpha value is -1.83. The summed E-state index contributed by atoms with van der Waals surface area (Å²) in [7, 11) is 0. The number of nitrogens with two attached hydrogens (primary N) is 1. The number of anilines is 1. The summed E-state index contributed by atoms with van der Waals surface area (Å²) in [5, 5.41) is 13.8. The zero-order valence-corrected chi connectivity index (χ0v) is 12.6. The summed E-state index contributed by atoms with van der Waals surface area (Å²) in [6, 6.07) is 5.09. The molecule has 110 valence electrons. The van der Waals surface area contributed by atoms with Crippen molar-refractivity contribution in [3.63, 3.8) is 0 Å². The van der Waals surface area contributed by atoms with Gasteiger partial charge in [0.2, 0.25) is 0 Å². The Bertz CT molecular complexity index is 733. The molecule has 0 aliphatic carbocycles. The fourth-order valence-electron chi connectivity index (χ4n) is 1.55. The first-order valence-corrected chi connectivity index (χ1v) is 7.03. The molecule has 0 fully saturated rings. The smallest absolute Gasteiger partial charge is 0.258 e. The maximum Gasteiger partial charge on any atom is 0.258 e. The average molecular weight is 348 g/mol. The molecule has 0 atom stereocenters. The molecule has 0 bridgehead atoms. The minimum absolute atomic E-state index is 0.134. The number of oxime groups is 1. The van der Waals surface area contributed by atoms with Gasteiger partial charge in [0.25, 0.3) is 5.91 Å². The number of hydrogen-bond donors (Lipinski definition) is 3. The van der Waals surface area contributed by atoms with Crippen LogP contribution in [0.25, 0.3) is 0 Å². The Balaban J connectivity index is 2.28. The molecule has 1 aromatic carbocycles. The van der Waals surface area contributed by atoms with Crippen molar-refractivity contribution >= 4 is 52.0 Å². The van der Waals surface area contributed by atoms with Crippen molar-refractivity contribution in [2.24, 2.45) is 10.9 Å². The monoisotopic (exact) mass is 347 g/mol. The Morgan fingerprint density at radius 3 is 2.62 bits per heavy atom. The van der Waals surface area contributed by atoms with Gasteiger partial charge >= 0.3 is 0 Å². The molecule has 2 aromatic rings. The van der Waals surface area contributed by atoms with Gasteiger partial charge in [-0.15, -0.1) is 11.3 Å². The van der Waals surface area contributed by atoms with E-state index in [1.54, 1.807) is 0 Å². The zero-order chi connectivity index (χ0) is 15.6. The molecule has 21 heavy (non-hydrogen) atoms. The Kier molecular flexibility index (Phi) is 4.66. The normalized spacial score (nSPS) is 11.5. The summed E-state index contributed by atoms with van der Waals surface area (Å²) in [6.07, 6.45) is 0. The van der Waals surface area contributed by atoms with Crippen molar-refractivity contribution < 1.29 is 14.4 Å². The highest BCUT2D eigenvalue weighted by Gasteiger charge is 2.15. The van der Waals surface area contributed by atoms with Gasteiger partial charge in [-0.3, -0.25) is 4.79 Å². The van der Waals surface area contributed by atoms with Gasteiger partial charge in [0.15, 0.2) is 5.84 Å². The topological polar surface area (TPSA) is 87.7 Å². The molecule has 2 rings (SSSR count). The van der Waals surface area contributed by atoms with E-state index >= 15 is 0 Å². The molecule has 0 aliphatic rings. The van der Waals surface area contributed by atoms with Crippen molar-refractivity contribution in [3.05, 3.63) is 49.9 Å². The van der Waals surface area contributed by atoms with Crippen LogP contribution in [-0.2, 0) is 0 Å². The fourth-order valence-corrected chi connectivity index (χ4v) is 3.01. The minimum atomic E-state index is -0.681. The zero-order valence-electron chi connectivity index (χ0n) is 10.2. The first-order chi connectivity index (χ1) is 9.92. The van der Waals surface area contributed by atoms with Crippen LogP contribution in [0.15, 0.2) is 29.4 Å². The van der Waals surface area contributed by atoms with Crippen LogP contribution in [0.1, 0.15) is 15.9 Å². The summed E-state index contributed by atoms with van der Waals surface area (Å²) < 4.78 is 14.1. The first-order valence-electron chi connectivity index (χ1n) is 5.46. The van der Waals surface area contributed by atoms with E-state index in [-0.39, 0.29) is 21.2 Å². The first kappa shape index (κ1) is 15.6. The van der Waals surface area contributed by atoms with Gasteiger partial charge in [0.05, 0.1) is 15.5 Å². The van der Waals surface area contributed by atoms with Crippen LogP contribution < -0.4 is 11.1 Å². The second kappa shape index (κ2) is 6.30. The highest BCUT2D eigenvalue weighted by molar-refractivity contribution is 7.20. The van der Waals surface area contributed by atoms with Crippen molar-refractivity contribution in [3.8, 4) is 0 Å². The van der Waals surface area contributed by atoms with Crippen LogP contribution in [0, 0.1) is 5.82 Å². The van der Waals surface area contributed by atoms with E-state index in [0.717, 1.165) is 17.4 Å². The number of nitrogens with zero attached hydrogens (tertiary/aromatic N) is 1. The van der Waals surface area contributed by atoms with E-state index in [9.17, 15) is 9.18 Å². The number of thiophene rings is 1. The van der Waals surface area contributed by atoms with Gasteiger partial charge in [-0.1, -0.05) is 28.4 Å². The molecule has 9 heteroatoms. The maximum absolute atomic E-state index is 13.5. The lowest BCUT2D eigenvalue weighted by Gasteiger charge is -2.07. The van der Waals surface area contributed by atoms with Crippen molar-refractivity contribution in [2.45, 2.75) is 0 Å². The van der Waals surface area contributed by atoms with Crippen LogP contribution in [0.5, 0.6) is 0 Å². The van der Waals surface area contributed by atoms with Crippen LogP contribution in [0.4, 0.5) is 10.1 Å². The van der Waals surface area contributed by atoms with Gasteiger partial charge < -0.3 is 16.3 Å². The van der Waals surface area contributed by atoms with Crippen LogP contribution >= 0.6 is 34.5 Å². The summed E-state index contributed by atoms with van der Waals surface area (Å²) in [4.78, 5) is 12.0. The van der Waals surface area contributed by atoms with E-state index in [2.05, 4.69) is 10.5 Å². The number of amidine groups is 1. The second-order valence-electron chi connectivity index (χ2n) is 3.87. The third kappa shape index (κ3) is 3.44. The van der Waals surface area contributed by atoms with E-state index in [1.165, 1.54) is 18.2 Å². The van der Waals surface area contributed by atoms with Crippen LogP contribution in [-0.4, -0.2) is 17.0 Å². The largest absolute Gasteiger partial charge is 0.409 e. The number of benzene rings is 1. The van der Waals surface area contributed by atoms with E-state index in [4.69, 9.17) is 34.1 Å². The molecule has 0 spiro atoms. The quantitative estimate of drug-likeness (QED) is 0.343. The van der Waals surface area contributed by atoms with Gasteiger partial charge in [0, 0.05) is 5.69 Å². The number of hydrogen-bond acceptors (Lipinski definition) is 4.